The van der Waals surface area contributed by atoms with E-state index >= 15 is 0 Å². The summed E-state index contributed by atoms with van der Waals surface area (Å²) < 4.78 is 97.8. The topological polar surface area (TPSA) is 126 Å². The molecule has 0 unspecified atom stereocenters. The lowest BCUT2D eigenvalue weighted by Gasteiger charge is -2.13. The Labute approximate surface area is 231 Å². The summed E-state index contributed by atoms with van der Waals surface area (Å²) in [6, 6.07) is 5.67. The molecule has 2 N–H and O–H groups in total. The van der Waals surface area contributed by atoms with Crippen LogP contribution in [0.1, 0.15) is 17.7 Å². The Hall–Kier alpha value is -3.38. The van der Waals surface area contributed by atoms with Crippen molar-refractivity contribution in [2.75, 3.05) is 25.5 Å². The molecule has 0 saturated carbocycles. The number of ether oxygens (including phenoxy) is 1. The smallest absolute Gasteiger partial charge is 0.404 e. The zero-order valence-corrected chi connectivity index (χ0v) is 22.4. The molecule has 0 aliphatic rings. The molecule has 0 spiro atoms. The van der Waals surface area contributed by atoms with Gasteiger partial charge in [-0.2, -0.15) is 22.6 Å². The molecule has 3 aromatic heterocycles. The van der Waals surface area contributed by atoms with Crippen molar-refractivity contribution in [2.24, 2.45) is 0 Å². The fourth-order valence-electron chi connectivity index (χ4n) is 3.38. The number of hydrogen-bond donors (Lipinski definition) is 2. The van der Waals surface area contributed by atoms with Crippen molar-refractivity contribution in [1.82, 2.24) is 18.9 Å². The Bertz CT molecular complexity index is 1660. The van der Waals surface area contributed by atoms with Crippen molar-refractivity contribution < 1.29 is 45.0 Å². The van der Waals surface area contributed by atoms with E-state index < -0.39 is 46.6 Å². The lowest BCUT2D eigenvalue weighted by molar-refractivity contribution is -0.137. The predicted octanol–water partition coefficient (Wildman–Crippen LogP) is 5.29. The van der Waals surface area contributed by atoms with Crippen LogP contribution in [-0.2, 0) is 16.2 Å². The highest BCUT2D eigenvalue weighted by atomic mass is 35.5. The third-order valence-electron chi connectivity index (χ3n) is 5.38. The fourth-order valence-corrected chi connectivity index (χ4v) is 6.39. The normalized spacial score (nSPS) is 12.4. The van der Waals surface area contributed by atoms with E-state index in [1.54, 1.807) is 0 Å². The largest absolute Gasteiger partial charge is 0.417 e. The number of aliphatic hydroxyl groups excluding tert-OH is 1. The highest BCUT2D eigenvalue weighted by Crippen LogP contribution is 2.37. The second kappa shape index (κ2) is 11.2. The number of nitrogens with one attached hydrogen (secondary N) is 1. The second-order valence-electron chi connectivity index (χ2n) is 8.00. The molecule has 0 atom stereocenters. The molecule has 0 radical (unpaired) electrons. The van der Waals surface area contributed by atoms with Gasteiger partial charge in [0.2, 0.25) is 0 Å². The summed E-state index contributed by atoms with van der Waals surface area (Å²) in [5, 5.41) is 15.0. The van der Waals surface area contributed by atoms with E-state index in [-0.39, 0.29) is 43.4 Å². The molecule has 0 bridgehead atoms. The van der Waals surface area contributed by atoms with E-state index in [2.05, 4.69) is 15.4 Å². The molecular weight excluding hydrogens is 609 g/mol. The van der Waals surface area contributed by atoms with Crippen LogP contribution in [0.3, 0.4) is 0 Å². The Morgan fingerprint density at radius 3 is 2.52 bits per heavy atom. The van der Waals surface area contributed by atoms with Crippen molar-refractivity contribution in [3.63, 3.8) is 0 Å². The fraction of sp³-hybridized carbons (Fsp3) is 0.227. The maximum absolute atomic E-state index is 13.8. The van der Waals surface area contributed by atoms with E-state index in [4.69, 9.17) is 21.4 Å². The minimum absolute atomic E-state index is 0.0824. The number of carbonyl (C=O) groups is 1. The van der Waals surface area contributed by atoms with Crippen molar-refractivity contribution in [3.8, 4) is 17.0 Å². The van der Waals surface area contributed by atoms with Crippen LogP contribution in [0.2, 0.25) is 4.34 Å². The summed E-state index contributed by atoms with van der Waals surface area (Å²) in [6.45, 7) is -0.604. The van der Waals surface area contributed by atoms with Crippen molar-refractivity contribution in [1.29, 1.82) is 0 Å². The number of nitrogens with zero attached hydrogens (tertiary/aromatic N) is 4. The summed E-state index contributed by atoms with van der Waals surface area (Å²) in [6.07, 6.45) is -7.94. The minimum Gasteiger partial charge on any atom is -0.404 e. The number of fused-ring (bicyclic) bond motifs is 1. The Morgan fingerprint density at radius 2 is 1.93 bits per heavy atom. The molecule has 0 aliphatic heterocycles. The number of aromatic nitrogens is 3. The average molecular weight is 626 g/mol. The summed E-state index contributed by atoms with van der Waals surface area (Å²) in [5.74, 6) is -0.380. The maximum Gasteiger partial charge on any atom is 0.417 e. The first kappa shape index (κ1) is 29.6. The number of aliphatic hydroxyl groups is 1. The zero-order valence-electron chi connectivity index (χ0n) is 20.0. The molecule has 4 aromatic rings. The van der Waals surface area contributed by atoms with Gasteiger partial charge in [-0.3, -0.25) is 5.32 Å². The molecule has 4 rings (SSSR count). The molecular formula is C22H17ClF5N5O5S2. The number of rotatable bonds is 8. The van der Waals surface area contributed by atoms with Gasteiger partial charge in [-0.25, -0.2) is 31.5 Å². The Balaban J connectivity index is 1.62. The standard InChI is InChI=1S/C22H17ClF5N5O5S2/c1-32(6-7-34)40(36,37)17-9-14(18(23)39-17)31-21(35)38-16-10-29-33-15(19(24)25)8-13(30-20(16)33)11-2-4-12(5-3-11)22(26,27)28/h2-5,8-10,19,34H,6-7H2,1H3,(H,31,35). The van der Waals surface area contributed by atoms with Gasteiger partial charge in [-0.05, 0) is 24.3 Å². The van der Waals surface area contributed by atoms with Gasteiger partial charge in [0.1, 0.15) is 14.2 Å². The highest BCUT2D eigenvalue weighted by Gasteiger charge is 2.30. The SMILES string of the molecule is CN(CCO)S(=O)(=O)c1cc(NC(=O)Oc2cnn3c(C(F)F)cc(-c4ccc(C(F)(F)F)cc4)nc23)c(Cl)s1. The lowest BCUT2D eigenvalue weighted by Crippen LogP contribution is -2.29. The molecule has 0 aliphatic carbocycles. The third kappa shape index (κ3) is 6.02. The quantitative estimate of drug-likeness (QED) is 0.255. The third-order valence-corrected chi connectivity index (χ3v) is 9.05. The molecule has 3 heterocycles. The molecule has 0 fully saturated rings. The first-order valence-corrected chi connectivity index (χ1v) is 13.6. The van der Waals surface area contributed by atoms with Crippen LogP contribution in [0.5, 0.6) is 5.75 Å². The Morgan fingerprint density at radius 1 is 1.25 bits per heavy atom. The predicted molar refractivity (Wildman–Crippen MR) is 134 cm³/mol. The van der Waals surface area contributed by atoms with E-state index in [0.29, 0.717) is 15.9 Å². The summed E-state index contributed by atoms with van der Waals surface area (Å²) in [4.78, 5) is 16.7. The van der Waals surface area contributed by atoms with Crippen LogP contribution >= 0.6 is 22.9 Å². The molecule has 214 valence electrons. The number of sulfonamides is 1. The van der Waals surface area contributed by atoms with Crippen molar-refractivity contribution >= 4 is 50.4 Å². The number of likely N-dealkylation sites (N-methyl/N-ethyl adjacent to an activating group) is 1. The number of anilines is 1. The average Bonchev–Trinajstić information content (AvgIpc) is 3.46. The van der Waals surface area contributed by atoms with Gasteiger partial charge >= 0.3 is 12.3 Å². The molecule has 1 amide bonds. The summed E-state index contributed by atoms with van der Waals surface area (Å²) in [5.41, 5.74) is -2.13. The van der Waals surface area contributed by atoms with Crippen LogP contribution in [0.25, 0.3) is 16.9 Å². The van der Waals surface area contributed by atoms with Crippen LogP contribution in [-0.4, -0.2) is 58.7 Å². The molecule has 10 nitrogen and oxygen atoms in total. The second-order valence-corrected chi connectivity index (χ2v) is 11.9. The first-order chi connectivity index (χ1) is 18.7. The van der Waals surface area contributed by atoms with Crippen LogP contribution in [0.15, 0.2) is 46.8 Å². The number of alkyl halides is 5. The van der Waals surface area contributed by atoms with Crippen molar-refractivity contribution in [3.05, 3.63) is 58.2 Å². The summed E-state index contributed by atoms with van der Waals surface area (Å²) in [7, 11) is -2.77. The van der Waals surface area contributed by atoms with Gasteiger partial charge in [-0.1, -0.05) is 23.7 Å². The van der Waals surface area contributed by atoms with E-state index in [0.717, 1.165) is 46.9 Å². The highest BCUT2D eigenvalue weighted by molar-refractivity contribution is 7.91. The molecule has 18 heteroatoms. The maximum atomic E-state index is 13.8. The zero-order chi connectivity index (χ0) is 29.4. The number of benzene rings is 1. The van der Waals surface area contributed by atoms with E-state index in [1.807, 2.05) is 0 Å². The van der Waals surface area contributed by atoms with Crippen LogP contribution < -0.4 is 10.1 Å². The summed E-state index contributed by atoms with van der Waals surface area (Å²) >= 11 is 6.71. The Kier molecular flexibility index (Phi) is 8.32. The minimum atomic E-state index is -4.60. The number of thiophene rings is 1. The molecule has 0 saturated heterocycles. The van der Waals surface area contributed by atoms with E-state index in [1.165, 1.54) is 7.05 Å². The van der Waals surface area contributed by atoms with Gasteiger partial charge in [0.05, 0.1) is 29.7 Å². The molecule has 40 heavy (non-hydrogen) atoms. The van der Waals surface area contributed by atoms with Crippen LogP contribution in [0.4, 0.5) is 32.4 Å². The monoisotopic (exact) mass is 625 g/mol. The van der Waals surface area contributed by atoms with Gasteiger partial charge in [0.15, 0.2) is 11.4 Å². The number of halogens is 6. The molecule has 1 aromatic carbocycles. The van der Waals surface area contributed by atoms with E-state index in [9.17, 15) is 35.2 Å². The number of hydrogen-bond acceptors (Lipinski definition) is 8. The van der Waals surface area contributed by atoms with Gasteiger partial charge < -0.3 is 9.84 Å². The number of carbonyl (C=O) groups excluding carboxylic acids is 1. The van der Waals surface area contributed by atoms with Gasteiger partial charge in [0, 0.05) is 19.2 Å². The lowest BCUT2D eigenvalue weighted by atomic mass is 10.1. The van der Waals surface area contributed by atoms with Crippen molar-refractivity contribution in [2.45, 2.75) is 16.8 Å². The number of amides is 1. The first-order valence-electron chi connectivity index (χ1n) is 10.9. The van der Waals surface area contributed by atoms with Gasteiger partial charge in [-0.15, -0.1) is 11.3 Å². The van der Waals surface area contributed by atoms with Crippen LogP contribution in [0, 0.1) is 0 Å². The van der Waals surface area contributed by atoms with Gasteiger partial charge in [0.25, 0.3) is 16.4 Å².